The molecule has 1 fully saturated rings. The molecular formula is C24H28FN3O7S2. The topological polar surface area (TPSA) is 155 Å². The highest BCUT2D eigenvalue weighted by atomic mass is 32.3. The summed E-state index contributed by atoms with van der Waals surface area (Å²) in [7, 11) is -7.55. The predicted octanol–water partition coefficient (Wildman–Crippen LogP) is 3.10. The summed E-state index contributed by atoms with van der Waals surface area (Å²) in [5.41, 5.74) is 7.78. The van der Waals surface area contributed by atoms with Crippen LogP contribution >= 0.6 is 11.0 Å². The molecule has 0 saturated carbocycles. The minimum Gasteiger partial charge on any atom is -0.487 e. The van der Waals surface area contributed by atoms with Crippen molar-refractivity contribution in [2.45, 2.75) is 25.8 Å². The Bertz CT molecular complexity index is 1370. The van der Waals surface area contributed by atoms with Crippen LogP contribution in [0.15, 0.2) is 60.7 Å². The number of hydrogen-bond donors (Lipinski definition) is 5. The zero-order valence-electron chi connectivity index (χ0n) is 19.9. The number of aliphatic hydroxyl groups excluding tert-OH is 1. The highest BCUT2D eigenvalue weighted by molar-refractivity contribution is 8.24. The maximum absolute atomic E-state index is 15.6. The summed E-state index contributed by atoms with van der Waals surface area (Å²) in [4.78, 5) is 0. The van der Waals surface area contributed by atoms with E-state index in [-0.39, 0.29) is 43.3 Å². The van der Waals surface area contributed by atoms with E-state index in [2.05, 4.69) is 4.72 Å². The third-order valence-corrected chi connectivity index (χ3v) is 7.53. The molecule has 10 nitrogen and oxygen atoms in total. The van der Waals surface area contributed by atoms with E-state index in [0.717, 1.165) is 16.1 Å². The molecule has 13 heteroatoms. The molecule has 0 aromatic heterocycles. The number of halogens is 1. The Morgan fingerprint density at radius 1 is 1.08 bits per heavy atom. The van der Waals surface area contributed by atoms with Gasteiger partial charge in [-0.25, -0.2) is 8.70 Å². The van der Waals surface area contributed by atoms with Crippen LogP contribution in [0.5, 0.6) is 11.5 Å². The lowest BCUT2D eigenvalue weighted by molar-refractivity contribution is 0.181. The van der Waals surface area contributed by atoms with E-state index in [0.29, 0.717) is 16.7 Å². The second-order valence-electron chi connectivity index (χ2n) is 8.52. The largest absolute Gasteiger partial charge is 0.487 e. The number of ether oxygens (including phenoxy) is 1. The van der Waals surface area contributed by atoms with Gasteiger partial charge in [0, 0.05) is 18.5 Å². The standard InChI is InChI=1S/C24H28FN3O7S2/c1-36(30,31)35-21-11-17(13-26)7-8-19(21)9-18-10-20(25)24(28-14-23(29)27-37(28,32)33)22(12-18)34-15-16-5-3-2-4-6-16/h2-8,10-12,23,27,29,32-33H,9,13-15,26H2,1H3. The number of anilines is 1. The monoisotopic (exact) mass is 553 g/mol. The van der Waals surface area contributed by atoms with Crippen LogP contribution in [0.3, 0.4) is 0 Å². The molecular weight excluding hydrogens is 525 g/mol. The number of hydrogen-bond acceptors (Lipinski definition) is 10. The van der Waals surface area contributed by atoms with Gasteiger partial charge in [-0.05, 0) is 34.9 Å². The molecule has 1 aliphatic rings. The van der Waals surface area contributed by atoms with Crippen molar-refractivity contribution in [2.75, 3.05) is 17.1 Å². The highest BCUT2D eigenvalue weighted by Gasteiger charge is 2.38. The van der Waals surface area contributed by atoms with E-state index >= 15 is 4.39 Å². The van der Waals surface area contributed by atoms with E-state index in [1.54, 1.807) is 12.1 Å². The number of nitrogens with zero attached hydrogens (tertiary/aromatic N) is 1. The first-order valence-corrected chi connectivity index (χ1v) is 14.5. The SMILES string of the molecule is CS(=O)(=O)Oc1cc(CN)ccc1Cc1cc(F)c(N2CC(O)NS2(O)O)c(OCc2ccccc2)c1. The lowest BCUT2D eigenvalue weighted by Gasteiger charge is -2.37. The van der Waals surface area contributed by atoms with Gasteiger partial charge in [0.2, 0.25) is 0 Å². The quantitative estimate of drug-likeness (QED) is 0.250. The van der Waals surface area contributed by atoms with Crippen molar-refractivity contribution in [1.82, 2.24) is 4.72 Å². The van der Waals surface area contributed by atoms with Gasteiger partial charge in [-0.15, -0.1) is 0 Å². The lowest BCUT2D eigenvalue weighted by atomic mass is 10.0. The van der Waals surface area contributed by atoms with Crippen LogP contribution in [-0.2, 0) is 29.7 Å². The van der Waals surface area contributed by atoms with E-state index in [4.69, 9.17) is 14.7 Å². The second-order valence-corrected chi connectivity index (χ2v) is 11.8. The lowest BCUT2D eigenvalue weighted by Crippen LogP contribution is -2.26. The number of rotatable bonds is 9. The van der Waals surface area contributed by atoms with Crippen LogP contribution in [0.2, 0.25) is 0 Å². The first-order chi connectivity index (χ1) is 17.4. The van der Waals surface area contributed by atoms with E-state index in [1.807, 2.05) is 30.3 Å². The molecule has 200 valence electrons. The summed E-state index contributed by atoms with van der Waals surface area (Å²) >= 11 is 0. The van der Waals surface area contributed by atoms with E-state index in [1.165, 1.54) is 18.2 Å². The van der Waals surface area contributed by atoms with Crippen molar-refractivity contribution >= 4 is 26.8 Å². The van der Waals surface area contributed by atoms with Crippen molar-refractivity contribution in [3.8, 4) is 11.5 Å². The number of nitrogens with one attached hydrogen (secondary N) is 1. The van der Waals surface area contributed by atoms with Gasteiger partial charge in [0.25, 0.3) is 0 Å². The maximum atomic E-state index is 15.6. The zero-order valence-corrected chi connectivity index (χ0v) is 21.5. The molecule has 1 unspecified atom stereocenters. The smallest absolute Gasteiger partial charge is 0.306 e. The molecule has 4 rings (SSSR count). The molecule has 3 aromatic carbocycles. The fraction of sp³-hybridized carbons (Fsp3) is 0.250. The van der Waals surface area contributed by atoms with E-state index < -0.39 is 33.1 Å². The molecule has 0 spiro atoms. The molecule has 1 heterocycles. The molecule has 1 saturated heterocycles. The summed E-state index contributed by atoms with van der Waals surface area (Å²) in [5, 5.41) is 9.91. The third-order valence-electron chi connectivity index (χ3n) is 5.52. The molecule has 0 bridgehead atoms. The number of benzene rings is 3. The Balaban J connectivity index is 1.74. The van der Waals surface area contributed by atoms with E-state index in [9.17, 15) is 22.6 Å². The van der Waals surface area contributed by atoms with Crippen molar-refractivity contribution in [1.29, 1.82) is 0 Å². The van der Waals surface area contributed by atoms with Crippen LogP contribution < -0.4 is 23.7 Å². The van der Waals surface area contributed by atoms with Gasteiger partial charge >= 0.3 is 10.1 Å². The van der Waals surface area contributed by atoms with Crippen LogP contribution in [-0.4, -0.2) is 41.7 Å². The van der Waals surface area contributed by atoms with Crippen molar-refractivity contribution in [3.05, 3.63) is 88.7 Å². The zero-order chi connectivity index (χ0) is 26.8. The molecule has 6 N–H and O–H groups in total. The summed E-state index contributed by atoms with van der Waals surface area (Å²) in [6.45, 7) is -0.0517. The molecule has 1 atom stereocenters. The Kier molecular flexibility index (Phi) is 7.94. The highest BCUT2D eigenvalue weighted by Crippen LogP contribution is 2.51. The van der Waals surface area contributed by atoms with Gasteiger partial charge in [0.05, 0.1) is 12.8 Å². The molecule has 0 radical (unpaired) electrons. The van der Waals surface area contributed by atoms with Crippen molar-refractivity contribution in [3.63, 3.8) is 0 Å². The van der Waals surface area contributed by atoms with Crippen LogP contribution in [0, 0.1) is 5.82 Å². The number of aliphatic hydroxyl groups is 1. The minimum atomic E-state index is -3.84. The van der Waals surface area contributed by atoms with Crippen LogP contribution in [0.25, 0.3) is 0 Å². The third kappa shape index (κ3) is 6.70. The summed E-state index contributed by atoms with van der Waals surface area (Å²) in [6, 6.07) is 16.7. The Labute approximate surface area is 216 Å². The van der Waals surface area contributed by atoms with Gasteiger partial charge in [-0.1, -0.05) is 53.4 Å². The summed E-state index contributed by atoms with van der Waals surface area (Å²) in [5.74, 6) is -0.734. The predicted molar refractivity (Wildman–Crippen MR) is 139 cm³/mol. The maximum Gasteiger partial charge on any atom is 0.306 e. The molecule has 3 aromatic rings. The summed E-state index contributed by atoms with van der Waals surface area (Å²) in [6.07, 6.45) is -0.291. The first-order valence-electron chi connectivity index (χ1n) is 11.2. The van der Waals surface area contributed by atoms with Gasteiger partial charge in [-0.3, -0.25) is 9.11 Å². The van der Waals surface area contributed by atoms with Crippen LogP contribution in [0.1, 0.15) is 22.3 Å². The van der Waals surface area contributed by atoms with Crippen molar-refractivity contribution in [2.24, 2.45) is 5.73 Å². The Hall–Kier alpha value is -2.91. The second kappa shape index (κ2) is 10.8. The molecule has 0 amide bonds. The number of β-amino-alcohol motifs (C(OH)–C–C–N with tert-alkyl or cyclic N) is 1. The Morgan fingerprint density at radius 2 is 1.78 bits per heavy atom. The van der Waals surface area contributed by atoms with Gasteiger partial charge in [0.15, 0.2) is 5.82 Å². The first kappa shape index (κ1) is 27.1. The van der Waals surface area contributed by atoms with Crippen molar-refractivity contribution < 1.29 is 35.9 Å². The normalized spacial score (nSPS) is 18.0. The minimum absolute atomic E-state index is 0.0129. The Morgan fingerprint density at radius 3 is 2.41 bits per heavy atom. The molecule has 37 heavy (non-hydrogen) atoms. The summed E-state index contributed by atoms with van der Waals surface area (Å²) < 4.78 is 74.2. The molecule has 0 aliphatic carbocycles. The van der Waals surface area contributed by atoms with Gasteiger partial charge in [0.1, 0.15) is 30.0 Å². The molecule has 1 aliphatic heterocycles. The van der Waals surface area contributed by atoms with Gasteiger partial charge < -0.3 is 19.8 Å². The fourth-order valence-electron chi connectivity index (χ4n) is 3.91. The average molecular weight is 554 g/mol. The van der Waals surface area contributed by atoms with Crippen LogP contribution in [0.4, 0.5) is 10.1 Å². The average Bonchev–Trinajstić information content (AvgIpc) is 3.09. The number of nitrogens with two attached hydrogens (primary N) is 1. The van der Waals surface area contributed by atoms with Gasteiger partial charge in [-0.2, -0.15) is 13.1 Å². The fourth-order valence-corrected chi connectivity index (χ4v) is 5.74.